The maximum absolute atomic E-state index is 9.37. The van der Waals surface area contributed by atoms with Gasteiger partial charge < -0.3 is 19.8 Å². The largest absolute Gasteiger partial charge is 0.443 e. The van der Waals surface area contributed by atoms with Crippen molar-refractivity contribution in [1.82, 2.24) is 0 Å². The average Bonchev–Trinajstić information content (AvgIpc) is 1.77. The van der Waals surface area contributed by atoms with Crippen LogP contribution in [0.25, 0.3) is 0 Å². The topological polar surface area (TPSA) is 131 Å². The summed E-state index contributed by atoms with van der Waals surface area (Å²) in [7, 11) is 0. The Bertz CT molecular complexity index is 2450. The van der Waals surface area contributed by atoms with Gasteiger partial charge in [0.05, 0.1) is 0 Å². The molecule has 468 valence electrons. The molecule has 6 nitrogen and oxygen atoms in total. The quantitative estimate of drug-likeness (QED) is 0.0396. The van der Waals surface area contributed by atoms with Crippen molar-refractivity contribution >= 4 is 23.1 Å². The van der Waals surface area contributed by atoms with Crippen molar-refractivity contribution in [2.45, 2.75) is 225 Å². The van der Waals surface area contributed by atoms with Crippen LogP contribution in [0.4, 0.5) is 0 Å². The Labute approximate surface area is 532 Å². The SMILES string of the molecule is CC(=[OH+])[CH-]C(=[OH+])c1ccccc1.CC(=[OH+])[CH-]C(=[OH+])c1ccccc1.CCC(C=CC(C)C1CCC2C3CC=C4CC([OH2+])CCC4(C)C3CCC12C)C(C)C.CCC(C=CC(C)C1CCC2C3CC=C4CC([OH2+])CCC4(C)C3CCC12C)C(C)C.[Ti]. The van der Waals surface area contributed by atoms with Gasteiger partial charge in [0.1, 0.15) is 0 Å². The molecule has 18 atom stereocenters. The Kier molecular flexibility index (Phi) is 25.5. The van der Waals surface area contributed by atoms with Crippen molar-refractivity contribution in [3.63, 3.8) is 0 Å². The molecule has 0 radical (unpaired) electrons. The van der Waals surface area contributed by atoms with Gasteiger partial charge in [-0.1, -0.05) is 178 Å². The number of benzene rings is 2. The van der Waals surface area contributed by atoms with Crippen LogP contribution >= 0.6 is 0 Å². The van der Waals surface area contributed by atoms with Crippen LogP contribution < -0.4 is 0 Å². The summed E-state index contributed by atoms with van der Waals surface area (Å²) < 4.78 is 0. The van der Waals surface area contributed by atoms with Gasteiger partial charge in [-0.3, -0.25) is 9.59 Å². The van der Waals surface area contributed by atoms with Crippen LogP contribution in [-0.2, 0) is 21.7 Å². The Morgan fingerprint density at radius 3 is 1.18 bits per heavy atom. The van der Waals surface area contributed by atoms with Crippen molar-refractivity contribution in [1.29, 1.82) is 0 Å². The van der Waals surface area contributed by atoms with Crippen LogP contribution in [0.2, 0.25) is 0 Å². The molecular weight excluding hydrogens is 1080 g/mol. The summed E-state index contributed by atoms with van der Waals surface area (Å²) in [5.74, 6) is 11.9. The molecule has 2 aromatic rings. The number of carbonyl (C=O) groups excluding carboxylic acids is 4. The van der Waals surface area contributed by atoms with E-state index in [4.69, 9.17) is 19.8 Å². The summed E-state index contributed by atoms with van der Waals surface area (Å²) in [6.07, 6.45) is 42.1. The normalized spacial score (nSPS) is 34.8. The zero-order valence-corrected chi connectivity index (χ0v) is 57.2. The molecule has 8 aliphatic rings. The molecular formula is C78H120O6Ti+4. The van der Waals surface area contributed by atoms with E-state index in [0.717, 1.165) is 96.7 Å². The second-order valence-corrected chi connectivity index (χ2v) is 30.0. The predicted octanol–water partition coefficient (Wildman–Crippen LogP) is 17.8. The smallest absolute Gasteiger partial charge is 0.247 e. The fourth-order valence-electron chi connectivity index (χ4n) is 19.5. The van der Waals surface area contributed by atoms with E-state index in [1.807, 2.05) is 36.4 Å². The Morgan fingerprint density at radius 1 is 0.506 bits per heavy atom. The van der Waals surface area contributed by atoms with Crippen molar-refractivity contribution in [3.05, 3.63) is 132 Å². The van der Waals surface area contributed by atoms with Crippen molar-refractivity contribution in [2.75, 3.05) is 0 Å². The van der Waals surface area contributed by atoms with Crippen LogP contribution in [0, 0.1) is 117 Å². The van der Waals surface area contributed by atoms with Crippen LogP contribution in [0.15, 0.2) is 108 Å². The predicted molar refractivity (Wildman–Crippen MR) is 358 cm³/mol. The zero-order valence-electron chi connectivity index (χ0n) is 55.6. The molecule has 2 aromatic carbocycles. The van der Waals surface area contributed by atoms with Gasteiger partial charge in [0.25, 0.3) is 0 Å². The molecule has 0 heterocycles. The molecule has 0 saturated heterocycles. The Morgan fingerprint density at radius 2 is 0.859 bits per heavy atom. The minimum Gasteiger partial charge on any atom is -0.443 e. The first-order chi connectivity index (χ1) is 39.8. The second-order valence-electron chi connectivity index (χ2n) is 30.0. The summed E-state index contributed by atoms with van der Waals surface area (Å²) in [6.45, 7) is 32.8. The zero-order chi connectivity index (χ0) is 61.3. The van der Waals surface area contributed by atoms with Crippen molar-refractivity contribution < 1.29 is 51.1 Å². The molecule has 6 saturated carbocycles. The molecule has 0 bridgehead atoms. The van der Waals surface area contributed by atoms with E-state index in [2.05, 4.69) is 120 Å². The third-order valence-corrected chi connectivity index (χ3v) is 24.4. The molecule has 7 heteroatoms. The van der Waals surface area contributed by atoms with Gasteiger partial charge in [0.15, 0.2) is 12.2 Å². The van der Waals surface area contributed by atoms with E-state index < -0.39 is 0 Å². The summed E-state index contributed by atoms with van der Waals surface area (Å²) in [5.41, 5.74) is 6.65. The van der Waals surface area contributed by atoms with Gasteiger partial charge in [-0.25, -0.2) is 0 Å². The minimum absolute atomic E-state index is 0. The standard InChI is InChI=1S/2C29H48O.2C10H9O2.Ti/c2*1-7-21(19(2)3)9-8-20(4)25-12-13-26-24-11-10-22-18-23(30)14-16-28(22,5)27(24)15-17-29(25,26)6;2*1-8(11)7-10(12)9-5-3-2-4-6-9;/h2*8-10,19-21,23-27,30H,7,11-18H2,1-6H3;2*2-7H,1H3;/q;;2*-1;/p+6. The molecule has 0 aliphatic heterocycles. The maximum atomic E-state index is 9.37. The summed E-state index contributed by atoms with van der Waals surface area (Å²) in [6, 6.07) is 18.1. The molecule has 0 spiro atoms. The van der Waals surface area contributed by atoms with Gasteiger partial charge in [-0.15, -0.1) is 24.3 Å². The van der Waals surface area contributed by atoms with Gasteiger partial charge in [-0.2, -0.15) is 0 Å². The first kappa shape index (κ1) is 70.5. The number of rotatable bonds is 16. The fourth-order valence-corrected chi connectivity index (χ4v) is 19.5. The minimum atomic E-state index is 0. The van der Waals surface area contributed by atoms with E-state index in [0.29, 0.717) is 44.6 Å². The molecule has 6 fully saturated rings. The maximum Gasteiger partial charge on any atom is 0.247 e. The van der Waals surface area contributed by atoms with Gasteiger partial charge in [0.2, 0.25) is 23.1 Å². The van der Waals surface area contributed by atoms with Crippen molar-refractivity contribution in [3.8, 4) is 0 Å². The Balaban J connectivity index is 0.000000197. The first-order valence-corrected chi connectivity index (χ1v) is 34.0. The molecule has 10 rings (SSSR count). The summed E-state index contributed by atoms with van der Waals surface area (Å²) >= 11 is 0. The third kappa shape index (κ3) is 16.3. The number of hydrogen-bond donors (Lipinski definition) is 0. The van der Waals surface area contributed by atoms with Crippen LogP contribution in [0.3, 0.4) is 0 Å². The van der Waals surface area contributed by atoms with E-state index >= 15 is 0 Å². The monoisotopic (exact) mass is 1200 g/mol. The van der Waals surface area contributed by atoms with Gasteiger partial charge >= 0.3 is 0 Å². The van der Waals surface area contributed by atoms with Crippen LogP contribution in [0.1, 0.15) is 224 Å². The number of allylic oxidation sites excluding steroid dienone is 6. The van der Waals surface area contributed by atoms with Gasteiger partial charge in [0, 0.05) is 61.2 Å². The molecule has 8 N–H and O–H groups in total. The van der Waals surface area contributed by atoms with Crippen LogP contribution in [-0.4, -0.2) is 64.7 Å². The number of hydrogen-bond acceptors (Lipinski definition) is 0. The fraction of sp³-hybridized carbons (Fsp3) is 0.667. The van der Waals surface area contributed by atoms with E-state index in [1.165, 1.54) is 117 Å². The number of ketones is 4. The van der Waals surface area contributed by atoms with Crippen molar-refractivity contribution in [2.24, 2.45) is 105 Å². The molecule has 8 aliphatic carbocycles. The van der Waals surface area contributed by atoms with Gasteiger partial charge in [-0.05, 0) is 207 Å². The molecule has 0 aromatic heterocycles. The van der Waals surface area contributed by atoms with Crippen LogP contribution in [0.5, 0.6) is 0 Å². The average molecular weight is 1200 g/mol. The first-order valence-electron chi connectivity index (χ1n) is 34.0. The van der Waals surface area contributed by atoms with E-state index in [9.17, 15) is 9.59 Å². The van der Waals surface area contributed by atoms with E-state index in [1.54, 1.807) is 35.4 Å². The second kappa shape index (κ2) is 30.8. The Hall–Kier alpha value is -3.55. The summed E-state index contributed by atoms with van der Waals surface area (Å²) in [4.78, 5) is 36.5. The molecule has 85 heavy (non-hydrogen) atoms. The van der Waals surface area contributed by atoms with E-state index in [-0.39, 0.29) is 57.1 Å². The summed E-state index contributed by atoms with van der Waals surface area (Å²) in [5, 5.41) is 16.6. The third-order valence-electron chi connectivity index (χ3n) is 24.4. The molecule has 18 unspecified atom stereocenters. The molecule has 0 amide bonds. The number of fused-ring (bicyclic) bond motifs is 10.